The zero-order valence-corrected chi connectivity index (χ0v) is 15.1. The lowest BCUT2D eigenvalue weighted by molar-refractivity contribution is 0.210. The molecule has 1 N–H and O–H groups in total. The first-order chi connectivity index (χ1) is 12.7. The molecule has 1 aliphatic carbocycles. The molecule has 0 spiro atoms. The van der Waals surface area contributed by atoms with Gasteiger partial charge in [0.1, 0.15) is 6.10 Å². The predicted octanol–water partition coefficient (Wildman–Crippen LogP) is 3.93. The summed E-state index contributed by atoms with van der Waals surface area (Å²) in [5.74, 6) is 1.86. The molecule has 5 heteroatoms. The van der Waals surface area contributed by atoms with Crippen molar-refractivity contribution in [3.05, 3.63) is 71.0 Å². The molecule has 1 fully saturated rings. The molecule has 0 saturated heterocycles. The Labute approximate surface area is 153 Å². The number of hydrogen-bond acceptors (Lipinski definition) is 4. The fourth-order valence-electron chi connectivity index (χ4n) is 3.25. The minimum absolute atomic E-state index is 0.453. The van der Waals surface area contributed by atoms with E-state index >= 15 is 0 Å². The Morgan fingerprint density at radius 1 is 1.19 bits per heavy atom. The Hall–Kier alpha value is -2.66. The standard InChI is InChI=1S/C21H23N3O2/c1-3-26-21-19(20(25)16-7-5-4-6-8-16)14(2)24(23-21)18-12-11-17(13-22-18)15-9-10-15/h4-8,11-13,15,20,25H,3,9-10H2,1-2H3. The molecule has 0 bridgehead atoms. The fourth-order valence-corrected chi connectivity index (χ4v) is 3.25. The Balaban J connectivity index is 1.74. The second-order valence-electron chi connectivity index (χ2n) is 6.69. The van der Waals surface area contributed by atoms with Gasteiger partial charge in [-0.05, 0) is 49.8 Å². The maximum absolute atomic E-state index is 10.9. The average Bonchev–Trinajstić information content (AvgIpc) is 3.47. The van der Waals surface area contributed by atoms with Gasteiger partial charge in [-0.1, -0.05) is 36.4 Å². The van der Waals surface area contributed by atoms with Gasteiger partial charge in [0.05, 0.1) is 17.9 Å². The molecule has 1 atom stereocenters. The quantitative estimate of drug-likeness (QED) is 0.732. The zero-order valence-electron chi connectivity index (χ0n) is 15.1. The first-order valence-corrected chi connectivity index (χ1v) is 9.10. The van der Waals surface area contributed by atoms with Crippen molar-refractivity contribution in [1.82, 2.24) is 14.8 Å². The number of rotatable bonds is 6. The molecule has 134 valence electrons. The van der Waals surface area contributed by atoms with Gasteiger partial charge in [0.2, 0.25) is 5.88 Å². The van der Waals surface area contributed by atoms with Crippen LogP contribution < -0.4 is 4.74 Å². The van der Waals surface area contributed by atoms with Crippen LogP contribution in [0.2, 0.25) is 0 Å². The van der Waals surface area contributed by atoms with E-state index in [2.05, 4.69) is 16.1 Å². The van der Waals surface area contributed by atoms with Crippen LogP contribution in [0.25, 0.3) is 5.82 Å². The second-order valence-corrected chi connectivity index (χ2v) is 6.69. The van der Waals surface area contributed by atoms with E-state index in [-0.39, 0.29) is 0 Å². The highest BCUT2D eigenvalue weighted by atomic mass is 16.5. The third-order valence-electron chi connectivity index (χ3n) is 4.84. The first kappa shape index (κ1) is 16.8. The molecule has 0 radical (unpaired) electrons. The summed E-state index contributed by atoms with van der Waals surface area (Å²) in [7, 11) is 0. The highest BCUT2D eigenvalue weighted by molar-refractivity contribution is 5.42. The predicted molar refractivity (Wildman–Crippen MR) is 99.7 cm³/mol. The van der Waals surface area contributed by atoms with Gasteiger partial charge in [-0.15, -0.1) is 5.10 Å². The van der Waals surface area contributed by atoms with E-state index in [0.717, 1.165) is 17.1 Å². The van der Waals surface area contributed by atoms with Gasteiger partial charge in [-0.25, -0.2) is 9.67 Å². The van der Waals surface area contributed by atoms with Crippen molar-refractivity contribution in [2.45, 2.75) is 38.7 Å². The molecule has 5 nitrogen and oxygen atoms in total. The minimum Gasteiger partial charge on any atom is -0.477 e. The van der Waals surface area contributed by atoms with Gasteiger partial charge >= 0.3 is 0 Å². The van der Waals surface area contributed by atoms with Crippen molar-refractivity contribution in [3.63, 3.8) is 0 Å². The normalized spacial score (nSPS) is 15.0. The van der Waals surface area contributed by atoms with Crippen LogP contribution in [0.4, 0.5) is 0 Å². The van der Waals surface area contributed by atoms with E-state index in [1.165, 1.54) is 18.4 Å². The van der Waals surface area contributed by atoms with Crippen LogP contribution in [0, 0.1) is 6.92 Å². The zero-order chi connectivity index (χ0) is 18.1. The highest BCUT2D eigenvalue weighted by Gasteiger charge is 2.26. The first-order valence-electron chi connectivity index (χ1n) is 9.10. The number of hydrogen-bond donors (Lipinski definition) is 1. The molecule has 0 amide bonds. The third kappa shape index (κ3) is 3.10. The number of pyridine rings is 1. The van der Waals surface area contributed by atoms with Gasteiger partial charge in [0.15, 0.2) is 5.82 Å². The third-order valence-corrected chi connectivity index (χ3v) is 4.84. The summed E-state index contributed by atoms with van der Waals surface area (Å²) in [6, 6.07) is 13.7. The maximum Gasteiger partial charge on any atom is 0.239 e. The smallest absolute Gasteiger partial charge is 0.239 e. The van der Waals surface area contributed by atoms with Crippen LogP contribution in [0.5, 0.6) is 5.88 Å². The monoisotopic (exact) mass is 349 g/mol. The van der Waals surface area contributed by atoms with Crippen LogP contribution >= 0.6 is 0 Å². The highest BCUT2D eigenvalue weighted by Crippen LogP contribution is 2.40. The molecule has 26 heavy (non-hydrogen) atoms. The van der Waals surface area contributed by atoms with E-state index in [0.29, 0.717) is 24.0 Å². The molecule has 1 unspecified atom stereocenters. The summed E-state index contributed by atoms with van der Waals surface area (Å²) in [4.78, 5) is 4.58. The molecule has 1 aromatic carbocycles. The number of benzene rings is 1. The lowest BCUT2D eigenvalue weighted by Gasteiger charge is -2.12. The van der Waals surface area contributed by atoms with Crippen LogP contribution in [0.1, 0.15) is 54.2 Å². The molecule has 0 aliphatic heterocycles. The SMILES string of the molecule is CCOc1nn(-c2ccc(C3CC3)cn2)c(C)c1C(O)c1ccccc1. The molecular formula is C21H23N3O2. The molecule has 4 rings (SSSR count). The molecular weight excluding hydrogens is 326 g/mol. The summed E-state index contributed by atoms with van der Waals surface area (Å²) in [6.45, 7) is 4.34. The van der Waals surface area contributed by atoms with E-state index in [4.69, 9.17) is 4.74 Å². The van der Waals surface area contributed by atoms with Gasteiger partial charge in [-0.2, -0.15) is 0 Å². The van der Waals surface area contributed by atoms with Gasteiger partial charge < -0.3 is 9.84 Å². The molecule has 2 heterocycles. The van der Waals surface area contributed by atoms with Crippen LogP contribution in [0.3, 0.4) is 0 Å². The summed E-state index contributed by atoms with van der Waals surface area (Å²) in [6.07, 6.45) is 3.65. The van der Waals surface area contributed by atoms with Gasteiger partial charge in [0.25, 0.3) is 0 Å². The number of nitrogens with zero attached hydrogens (tertiary/aromatic N) is 3. The number of aromatic nitrogens is 3. The molecule has 1 saturated carbocycles. The Bertz CT molecular complexity index is 884. The minimum atomic E-state index is -0.794. The summed E-state index contributed by atoms with van der Waals surface area (Å²) in [5, 5.41) is 15.5. The average molecular weight is 349 g/mol. The lowest BCUT2D eigenvalue weighted by Crippen LogP contribution is -2.05. The fraction of sp³-hybridized carbons (Fsp3) is 0.333. The number of ether oxygens (including phenoxy) is 1. The summed E-state index contributed by atoms with van der Waals surface area (Å²) >= 11 is 0. The van der Waals surface area contributed by atoms with Crippen molar-refractivity contribution in [1.29, 1.82) is 0 Å². The van der Waals surface area contributed by atoms with Crippen molar-refractivity contribution in [2.24, 2.45) is 0 Å². The van der Waals surface area contributed by atoms with Crippen LogP contribution in [0.15, 0.2) is 48.7 Å². The molecule has 1 aliphatic rings. The maximum atomic E-state index is 10.9. The van der Waals surface area contributed by atoms with Gasteiger partial charge in [0, 0.05) is 6.20 Å². The van der Waals surface area contributed by atoms with Crippen molar-refractivity contribution in [3.8, 4) is 11.7 Å². The largest absolute Gasteiger partial charge is 0.477 e. The van der Waals surface area contributed by atoms with Gasteiger partial charge in [-0.3, -0.25) is 0 Å². The van der Waals surface area contributed by atoms with E-state index in [1.54, 1.807) is 4.68 Å². The topological polar surface area (TPSA) is 60.2 Å². The molecule has 2 aromatic heterocycles. The number of aliphatic hydroxyl groups is 1. The summed E-state index contributed by atoms with van der Waals surface area (Å²) < 4.78 is 7.47. The lowest BCUT2D eigenvalue weighted by atomic mass is 10.0. The number of aliphatic hydroxyl groups excluding tert-OH is 1. The van der Waals surface area contributed by atoms with Crippen LogP contribution in [-0.4, -0.2) is 26.5 Å². The summed E-state index contributed by atoms with van der Waals surface area (Å²) in [5.41, 5.74) is 3.61. The van der Waals surface area contributed by atoms with E-state index < -0.39 is 6.10 Å². The van der Waals surface area contributed by atoms with Crippen molar-refractivity contribution < 1.29 is 9.84 Å². The Kier molecular flexibility index (Phi) is 4.47. The van der Waals surface area contributed by atoms with E-state index in [9.17, 15) is 5.11 Å². The van der Waals surface area contributed by atoms with Crippen molar-refractivity contribution in [2.75, 3.05) is 6.61 Å². The van der Waals surface area contributed by atoms with Crippen LogP contribution in [-0.2, 0) is 0 Å². The van der Waals surface area contributed by atoms with E-state index in [1.807, 2.05) is 56.4 Å². The Morgan fingerprint density at radius 3 is 2.58 bits per heavy atom. The molecule has 3 aromatic rings. The Morgan fingerprint density at radius 2 is 1.96 bits per heavy atom. The van der Waals surface area contributed by atoms with Crippen molar-refractivity contribution >= 4 is 0 Å². The second kappa shape index (κ2) is 6.92.